The van der Waals surface area contributed by atoms with Crippen LogP contribution in [0.4, 0.5) is 5.69 Å². The molecule has 3 aromatic rings. The molecule has 110 valence electrons. The number of nitrogens with zero attached hydrogens (tertiary/aromatic N) is 2. The van der Waals surface area contributed by atoms with E-state index in [9.17, 15) is 8.42 Å². The fourth-order valence-corrected chi connectivity index (χ4v) is 3.87. The zero-order chi connectivity index (χ0) is 15.0. The van der Waals surface area contributed by atoms with Crippen molar-refractivity contribution >= 4 is 37.3 Å². The first-order valence-electron chi connectivity index (χ1n) is 6.12. The third kappa shape index (κ3) is 2.65. The molecule has 0 amide bonds. The summed E-state index contributed by atoms with van der Waals surface area (Å²) >= 11 is 1.45. The third-order valence-corrected chi connectivity index (χ3v) is 5.28. The van der Waals surface area contributed by atoms with Crippen molar-refractivity contribution < 1.29 is 13.5 Å². The van der Waals surface area contributed by atoms with Gasteiger partial charge in [-0.15, -0.1) is 11.3 Å². The zero-order valence-electron chi connectivity index (χ0n) is 11.1. The number of hydrogen-bond acceptors (Lipinski definition) is 5. The molecule has 2 N–H and O–H groups in total. The van der Waals surface area contributed by atoms with Gasteiger partial charge < -0.3 is 9.67 Å². The van der Waals surface area contributed by atoms with Crippen LogP contribution >= 0.6 is 11.3 Å². The fourth-order valence-electron chi connectivity index (χ4n) is 2.01. The predicted molar refractivity (Wildman–Crippen MR) is 81.8 cm³/mol. The first-order chi connectivity index (χ1) is 9.99. The molecular formula is C13H13N3O3S2. The smallest absolute Gasteiger partial charge is 0.263 e. The summed E-state index contributed by atoms with van der Waals surface area (Å²) < 4.78 is 29.7. The Morgan fingerprint density at radius 3 is 2.90 bits per heavy atom. The van der Waals surface area contributed by atoms with Crippen LogP contribution < -0.4 is 4.72 Å². The van der Waals surface area contributed by atoms with Gasteiger partial charge in [-0.2, -0.15) is 0 Å². The molecule has 2 heterocycles. The largest absolute Gasteiger partial charge is 0.390 e. The molecule has 8 heteroatoms. The van der Waals surface area contributed by atoms with Crippen LogP contribution in [0.1, 0.15) is 5.69 Å². The van der Waals surface area contributed by atoms with Crippen LogP contribution in [0.5, 0.6) is 0 Å². The monoisotopic (exact) mass is 323 g/mol. The summed E-state index contributed by atoms with van der Waals surface area (Å²) in [5.41, 5.74) is 3.58. The number of fused-ring (bicyclic) bond motifs is 1. The minimum Gasteiger partial charge on any atom is -0.390 e. The highest BCUT2D eigenvalue weighted by molar-refractivity contribution is 7.92. The number of nitrogens with one attached hydrogen (secondary N) is 1. The Bertz CT molecular complexity index is 896. The number of aliphatic hydroxyl groups is 1. The van der Waals surface area contributed by atoms with Crippen molar-refractivity contribution in [2.75, 3.05) is 4.72 Å². The molecule has 0 aliphatic carbocycles. The molecule has 0 atom stereocenters. The number of aromatic nitrogens is 2. The summed E-state index contributed by atoms with van der Waals surface area (Å²) in [4.78, 5) is 4.27. The third-order valence-electron chi connectivity index (χ3n) is 3.14. The molecule has 0 fully saturated rings. The van der Waals surface area contributed by atoms with Gasteiger partial charge in [-0.05, 0) is 24.3 Å². The highest BCUT2D eigenvalue weighted by Gasteiger charge is 2.17. The standard InChI is InChI=1S/C13H13N3O3S2/c1-16-6-11(5-10(16)7-17)21(18,19)15-9-2-3-12-13(4-9)20-8-14-12/h2-6,8,15,17H,7H2,1H3. The van der Waals surface area contributed by atoms with E-state index in [1.54, 1.807) is 35.3 Å². The van der Waals surface area contributed by atoms with Crippen molar-refractivity contribution in [3.63, 3.8) is 0 Å². The van der Waals surface area contributed by atoms with E-state index in [0.717, 1.165) is 10.2 Å². The number of thiazole rings is 1. The lowest BCUT2D eigenvalue weighted by Crippen LogP contribution is -2.12. The fraction of sp³-hybridized carbons (Fsp3) is 0.154. The average Bonchev–Trinajstić information content (AvgIpc) is 3.04. The minimum atomic E-state index is -3.67. The van der Waals surface area contributed by atoms with Crippen molar-refractivity contribution in [2.45, 2.75) is 11.5 Å². The summed E-state index contributed by atoms with van der Waals surface area (Å²) in [6.07, 6.45) is 1.47. The number of benzene rings is 1. The predicted octanol–water partition coefficient (Wildman–Crippen LogP) is 1.93. The van der Waals surface area contributed by atoms with Crippen molar-refractivity contribution in [3.8, 4) is 0 Å². The van der Waals surface area contributed by atoms with Crippen LogP contribution in [0, 0.1) is 0 Å². The summed E-state index contributed by atoms with van der Waals surface area (Å²) in [7, 11) is -1.99. The summed E-state index contributed by atoms with van der Waals surface area (Å²) in [5, 5.41) is 9.14. The molecule has 0 aliphatic heterocycles. The second kappa shape index (κ2) is 5.14. The van der Waals surface area contributed by atoms with E-state index in [4.69, 9.17) is 5.11 Å². The molecule has 0 unspecified atom stereocenters. The second-order valence-electron chi connectivity index (χ2n) is 4.58. The molecule has 0 spiro atoms. The van der Waals surface area contributed by atoms with Crippen LogP contribution in [0.15, 0.2) is 40.9 Å². The van der Waals surface area contributed by atoms with E-state index in [1.807, 2.05) is 0 Å². The molecule has 3 rings (SSSR count). The van der Waals surface area contributed by atoms with Crippen molar-refractivity contribution in [1.29, 1.82) is 0 Å². The van der Waals surface area contributed by atoms with Crippen molar-refractivity contribution in [1.82, 2.24) is 9.55 Å². The summed E-state index contributed by atoms with van der Waals surface area (Å²) in [6.45, 7) is -0.209. The molecule has 0 saturated heterocycles. The first kappa shape index (κ1) is 14.1. The van der Waals surface area contributed by atoms with Gasteiger partial charge in [0.15, 0.2) is 0 Å². The number of hydrogen-bond donors (Lipinski definition) is 2. The lowest BCUT2D eigenvalue weighted by Gasteiger charge is -2.06. The number of rotatable bonds is 4. The Labute approximate surface area is 125 Å². The molecule has 0 saturated carbocycles. The molecule has 0 radical (unpaired) electrons. The maximum absolute atomic E-state index is 12.3. The number of aryl methyl sites for hydroxylation is 1. The van der Waals surface area contributed by atoms with Crippen molar-refractivity contribution in [2.24, 2.45) is 7.05 Å². The Morgan fingerprint density at radius 1 is 1.38 bits per heavy atom. The van der Waals surface area contributed by atoms with Gasteiger partial charge in [-0.1, -0.05) is 0 Å². The van der Waals surface area contributed by atoms with E-state index in [1.165, 1.54) is 23.6 Å². The van der Waals surface area contributed by atoms with Crippen LogP contribution in [0.3, 0.4) is 0 Å². The lowest BCUT2D eigenvalue weighted by atomic mass is 10.3. The van der Waals surface area contributed by atoms with E-state index in [0.29, 0.717) is 11.4 Å². The zero-order valence-corrected chi connectivity index (χ0v) is 12.8. The van der Waals surface area contributed by atoms with Gasteiger partial charge in [0.25, 0.3) is 10.0 Å². The Balaban J connectivity index is 1.94. The topological polar surface area (TPSA) is 84.2 Å². The molecule has 21 heavy (non-hydrogen) atoms. The van der Waals surface area contributed by atoms with Gasteiger partial charge in [0.05, 0.1) is 28.0 Å². The van der Waals surface area contributed by atoms with E-state index < -0.39 is 10.0 Å². The van der Waals surface area contributed by atoms with Crippen LogP contribution in [-0.2, 0) is 23.7 Å². The van der Waals surface area contributed by atoms with Crippen molar-refractivity contribution in [3.05, 3.63) is 41.7 Å². The minimum absolute atomic E-state index is 0.124. The normalized spacial score (nSPS) is 11.9. The maximum Gasteiger partial charge on any atom is 0.263 e. The maximum atomic E-state index is 12.3. The number of sulfonamides is 1. The summed E-state index contributed by atoms with van der Waals surface area (Å²) in [6, 6.07) is 6.65. The van der Waals surface area contributed by atoms with E-state index >= 15 is 0 Å². The molecule has 0 aliphatic rings. The Morgan fingerprint density at radius 2 is 2.19 bits per heavy atom. The van der Waals surface area contributed by atoms with Crippen LogP contribution in [0.25, 0.3) is 10.2 Å². The van der Waals surface area contributed by atoms with Gasteiger partial charge in [-0.3, -0.25) is 4.72 Å². The molecule has 1 aromatic carbocycles. The Hall–Kier alpha value is -1.90. The van der Waals surface area contributed by atoms with Gasteiger partial charge in [0.2, 0.25) is 0 Å². The SMILES string of the molecule is Cn1cc(S(=O)(=O)Nc2ccc3ncsc3c2)cc1CO. The average molecular weight is 323 g/mol. The number of aliphatic hydroxyl groups excluding tert-OH is 1. The van der Waals surface area contributed by atoms with Gasteiger partial charge in [0.1, 0.15) is 4.90 Å². The van der Waals surface area contributed by atoms with Crippen LogP contribution in [0.2, 0.25) is 0 Å². The lowest BCUT2D eigenvalue weighted by molar-refractivity contribution is 0.272. The van der Waals surface area contributed by atoms with Gasteiger partial charge >= 0.3 is 0 Å². The quantitative estimate of drug-likeness (QED) is 0.768. The first-order valence-corrected chi connectivity index (χ1v) is 8.48. The second-order valence-corrected chi connectivity index (χ2v) is 7.15. The summed E-state index contributed by atoms with van der Waals surface area (Å²) in [5.74, 6) is 0. The Kier molecular flexibility index (Phi) is 3.44. The van der Waals surface area contributed by atoms with E-state index in [2.05, 4.69) is 9.71 Å². The highest BCUT2D eigenvalue weighted by Crippen LogP contribution is 2.24. The molecular weight excluding hydrogens is 310 g/mol. The highest BCUT2D eigenvalue weighted by atomic mass is 32.2. The van der Waals surface area contributed by atoms with Gasteiger partial charge in [0, 0.05) is 18.9 Å². The number of anilines is 1. The molecule has 2 aromatic heterocycles. The molecule has 0 bridgehead atoms. The van der Waals surface area contributed by atoms with Crippen LogP contribution in [-0.4, -0.2) is 23.1 Å². The van der Waals surface area contributed by atoms with E-state index in [-0.39, 0.29) is 11.5 Å². The molecule has 6 nitrogen and oxygen atoms in total. The van der Waals surface area contributed by atoms with Gasteiger partial charge in [-0.25, -0.2) is 13.4 Å².